The Balaban J connectivity index is 2.12. The second-order valence-corrected chi connectivity index (χ2v) is 6.64. The SMILES string of the molecule is COc1ccc(Br)cc1CN(C)C(=O)c1csc(CCN)n1. The number of nitrogens with zero attached hydrogens (tertiary/aromatic N) is 2. The average Bonchev–Trinajstić information content (AvgIpc) is 2.95. The van der Waals surface area contributed by atoms with Crippen LogP contribution in [0.25, 0.3) is 0 Å². The molecule has 0 spiro atoms. The number of nitrogens with two attached hydrogens (primary N) is 1. The van der Waals surface area contributed by atoms with Gasteiger partial charge in [-0.2, -0.15) is 0 Å². The summed E-state index contributed by atoms with van der Waals surface area (Å²) in [5.74, 6) is 0.645. The van der Waals surface area contributed by atoms with Crippen LogP contribution in [-0.4, -0.2) is 36.5 Å². The molecule has 0 aliphatic rings. The van der Waals surface area contributed by atoms with Gasteiger partial charge < -0.3 is 15.4 Å². The molecule has 0 aliphatic carbocycles. The van der Waals surface area contributed by atoms with Crippen molar-refractivity contribution in [3.05, 3.63) is 44.3 Å². The number of amides is 1. The summed E-state index contributed by atoms with van der Waals surface area (Å²) in [6.45, 7) is 0.984. The molecule has 7 heteroatoms. The van der Waals surface area contributed by atoms with Crippen LogP contribution in [0.15, 0.2) is 28.1 Å². The van der Waals surface area contributed by atoms with Crippen molar-refractivity contribution in [1.82, 2.24) is 9.88 Å². The number of benzene rings is 1. The quantitative estimate of drug-likeness (QED) is 0.832. The molecular formula is C15H18BrN3O2S. The Bertz CT molecular complexity index is 660. The number of carbonyl (C=O) groups excluding carboxylic acids is 1. The van der Waals surface area contributed by atoms with Gasteiger partial charge in [0.15, 0.2) is 0 Å². The van der Waals surface area contributed by atoms with Gasteiger partial charge in [-0.25, -0.2) is 4.98 Å². The van der Waals surface area contributed by atoms with Crippen molar-refractivity contribution in [2.75, 3.05) is 20.7 Å². The fourth-order valence-electron chi connectivity index (χ4n) is 2.04. The maximum Gasteiger partial charge on any atom is 0.273 e. The molecule has 0 aliphatic heterocycles. The number of aromatic nitrogens is 1. The highest BCUT2D eigenvalue weighted by atomic mass is 79.9. The second-order valence-electron chi connectivity index (χ2n) is 4.78. The molecule has 0 fully saturated rings. The van der Waals surface area contributed by atoms with Crippen LogP contribution in [0.4, 0.5) is 0 Å². The van der Waals surface area contributed by atoms with Crippen LogP contribution in [0, 0.1) is 0 Å². The Hall–Kier alpha value is -1.44. The lowest BCUT2D eigenvalue weighted by atomic mass is 10.2. The van der Waals surface area contributed by atoms with E-state index in [1.54, 1.807) is 24.4 Å². The normalized spacial score (nSPS) is 10.5. The van der Waals surface area contributed by atoms with Crippen LogP contribution < -0.4 is 10.5 Å². The molecule has 0 saturated carbocycles. The van der Waals surface area contributed by atoms with Crippen molar-refractivity contribution in [3.63, 3.8) is 0 Å². The van der Waals surface area contributed by atoms with Crippen molar-refractivity contribution in [2.24, 2.45) is 5.73 Å². The summed E-state index contributed by atoms with van der Waals surface area (Å²) >= 11 is 4.90. The second kappa shape index (κ2) is 7.71. The zero-order valence-corrected chi connectivity index (χ0v) is 14.9. The summed E-state index contributed by atoms with van der Waals surface area (Å²) < 4.78 is 6.28. The first-order valence-electron chi connectivity index (χ1n) is 6.77. The number of thiazole rings is 1. The van der Waals surface area contributed by atoms with E-state index in [2.05, 4.69) is 20.9 Å². The first-order valence-corrected chi connectivity index (χ1v) is 8.44. The van der Waals surface area contributed by atoms with Crippen LogP contribution in [0.3, 0.4) is 0 Å². The molecule has 0 radical (unpaired) electrons. The van der Waals surface area contributed by atoms with Crippen molar-refractivity contribution in [1.29, 1.82) is 0 Å². The van der Waals surface area contributed by atoms with Crippen LogP contribution in [0.1, 0.15) is 21.1 Å². The molecule has 1 heterocycles. The molecular weight excluding hydrogens is 366 g/mol. The van der Waals surface area contributed by atoms with Gasteiger partial charge in [0.1, 0.15) is 11.4 Å². The number of hydrogen-bond donors (Lipinski definition) is 1. The fourth-order valence-corrected chi connectivity index (χ4v) is 3.24. The molecule has 2 aromatic rings. The van der Waals surface area contributed by atoms with E-state index < -0.39 is 0 Å². The summed E-state index contributed by atoms with van der Waals surface area (Å²) in [5, 5.41) is 2.67. The third kappa shape index (κ3) is 4.06. The van der Waals surface area contributed by atoms with Gasteiger partial charge in [-0.15, -0.1) is 11.3 Å². The van der Waals surface area contributed by atoms with Gasteiger partial charge in [0, 0.05) is 35.4 Å². The zero-order chi connectivity index (χ0) is 16.1. The van der Waals surface area contributed by atoms with E-state index in [9.17, 15) is 4.79 Å². The van der Waals surface area contributed by atoms with Gasteiger partial charge in [0.05, 0.1) is 12.1 Å². The molecule has 5 nitrogen and oxygen atoms in total. The number of rotatable bonds is 6. The molecule has 1 amide bonds. The lowest BCUT2D eigenvalue weighted by Gasteiger charge is -2.18. The predicted molar refractivity (Wildman–Crippen MR) is 91.4 cm³/mol. The van der Waals surface area contributed by atoms with E-state index in [1.807, 2.05) is 18.2 Å². The summed E-state index contributed by atoms with van der Waals surface area (Å²) in [6.07, 6.45) is 0.696. The Morgan fingerprint density at radius 1 is 1.50 bits per heavy atom. The van der Waals surface area contributed by atoms with Crippen molar-refractivity contribution >= 4 is 33.2 Å². The molecule has 22 heavy (non-hydrogen) atoms. The maximum absolute atomic E-state index is 12.4. The zero-order valence-electron chi connectivity index (χ0n) is 12.5. The predicted octanol–water partition coefficient (Wildman–Crippen LogP) is 2.69. The van der Waals surface area contributed by atoms with E-state index in [4.69, 9.17) is 10.5 Å². The van der Waals surface area contributed by atoms with E-state index in [0.717, 1.165) is 20.8 Å². The maximum atomic E-state index is 12.4. The first-order chi connectivity index (χ1) is 10.5. The van der Waals surface area contributed by atoms with Crippen molar-refractivity contribution in [3.8, 4) is 5.75 Å². The highest BCUT2D eigenvalue weighted by Crippen LogP contribution is 2.24. The standard InChI is InChI=1S/C15H18BrN3O2S/c1-19(8-10-7-11(16)3-4-13(10)21-2)15(20)12-9-22-14(18-12)5-6-17/h3-4,7,9H,5-6,8,17H2,1-2H3. The van der Waals surface area contributed by atoms with Crippen LogP contribution in [0.2, 0.25) is 0 Å². The van der Waals surface area contributed by atoms with Gasteiger partial charge in [-0.1, -0.05) is 15.9 Å². The molecule has 1 aromatic carbocycles. The molecule has 118 valence electrons. The van der Waals surface area contributed by atoms with Gasteiger partial charge in [0.25, 0.3) is 5.91 Å². The lowest BCUT2D eigenvalue weighted by molar-refractivity contribution is 0.0779. The highest BCUT2D eigenvalue weighted by molar-refractivity contribution is 9.10. The Kier molecular flexibility index (Phi) is 5.93. The Morgan fingerprint density at radius 3 is 2.95 bits per heavy atom. The monoisotopic (exact) mass is 383 g/mol. The largest absolute Gasteiger partial charge is 0.496 e. The Labute approximate surface area is 142 Å². The van der Waals surface area contributed by atoms with Crippen LogP contribution >= 0.6 is 27.3 Å². The first kappa shape index (κ1) is 16.9. The topological polar surface area (TPSA) is 68.5 Å². The average molecular weight is 384 g/mol. The van der Waals surface area contributed by atoms with Gasteiger partial charge in [-0.3, -0.25) is 4.79 Å². The van der Waals surface area contributed by atoms with E-state index in [1.165, 1.54) is 11.3 Å². The summed E-state index contributed by atoms with van der Waals surface area (Å²) in [4.78, 5) is 18.4. The third-order valence-corrected chi connectivity index (χ3v) is 4.53. The number of ether oxygens (including phenoxy) is 1. The number of hydrogen-bond acceptors (Lipinski definition) is 5. The molecule has 0 bridgehead atoms. The lowest BCUT2D eigenvalue weighted by Crippen LogP contribution is -2.26. The molecule has 2 rings (SSSR count). The minimum Gasteiger partial charge on any atom is -0.496 e. The van der Waals surface area contributed by atoms with E-state index >= 15 is 0 Å². The smallest absolute Gasteiger partial charge is 0.273 e. The van der Waals surface area contributed by atoms with Crippen molar-refractivity contribution < 1.29 is 9.53 Å². The van der Waals surface area contributed by atoms with E-state index in [0.29, 0.717) is 25.2 Å². The molecule has 2 N–H and O–H groups in total. The number of carbonyl (C=O) groups is 1. The van der Waals surface area contributed by atoms with Gasteiger partial charge in [-0.05, 0) is 24.7 Å². The summed E-state index contributed by atoms with van der Waals surface area (Å²) in [5.41, 5.74) is 6.91. The summed E-state index contributed by atoms with van der Waals surface area (Å²) in [6, 6.07) is 5.73. The minimum atomic E-state index is -0.110. The molecule has 1 aromatic heterocycles. The van der Waals surface area contributed by atoms with Crippen molar-refractivity contribution in [2.45, 2.75) is 13.0 Å². The fraction of sp³-hybridized carbons (Fsp3) is 0.333. The minimum absolute atomic E-state index is 0.110. The van der Waals surface area contributed by atoms with E-state index in [-0.39, 0.29) is 5.91 Å². The van der Waals surface area contributed by atoms with Crippen LogP contribution in [0.5, 0.6) is 5.75 Å². The molecule has 0 saturated heterocycles. The highest BCUT2D eigenvalue weighted by Gasteiger charge is 2.17. The molecule has 0 atom stereocenters. The number of methoxy groups -OCH3 is 1. The van der Waals surface area contributed by atoms with Crippen LogP contribution in [-0.2, 0) is 13.0 Å². The molecule has 0 unspecified atom stereocenters. The van der Waals surface area contributed by atoms with Gasteiger partial charge >= 0.3 is 0 Å². The number of halogens is 1. The van der Waals surface area contributed by atoms with Gasteiger partial charge in [0.2, 0.25) is 0 Å². The summed E-state index contributed by atoms with van der Waals surface area (Å²) in [7, 11) is 3.37. The Morgan fingerprint density at radius 2 is 2.27 bits per heavy atom. The third-order valence-electron chi connectivity index (χ3n) is 3.13.